The molecule has 0 aromatic rings. The molecular formula is C7H16O6P2-2. The van der Waals surface area contributed by atoms with Crippen molar-refractivity contribution in [2.45, 2.75) is 39.9 Å². The Morgan fingerprint density at radius 3 is 1.53 bits per heavy atom. The Balaban J connectivity index is 4.71. The van der Waals surface area contributed by atoms with Crippen LogP contribution in [-0.2, 0) is 18.2 Å². The maximum absolute atomic E-state index is 11.8. The van der Waals surface area contributed by atoms with E-state index in [1.165, 1.54) is 0 Å². The highest BCUT2D eigenvalue weighted by molar-refractivity contribution is 7.69. The molecule has 0 rings (SSSR count). The van der Waals surface area contributed by atoms with Gasteiger partial charge in [0.2, 0.25) is 0 Å². The van der Waals surface area contributed by atoms with Crippen LogP contribution in [0.5, 0.6) is 0 Å². The molecule has 6 nitrogen and oxygen atoms in total. The summed E-state index contributed by atoms with van der Waals surface area (Å²) in [6, 6.07) is 0. The van der Waals surface area contributed by atoms with Crippen molar-refractivity contribution in [1.29, 1.82) is 0 Å². The molecule has 0 bridgehead atoms. The van der Waals surface area contributed by atoms with Gasteiger partial charge < -0.3 is 23.4 Å². The number of hydrogen-bond donors (Lipinski definition) is 0. The second-order valence-electron chi connectivity index (χ2n) is 3.67. The highest BCUT2D eigenvalue weighted by Crippen LogP contribution is 2.57. The van der Waals surface area contributed by atoms with E-state index in [0.29, 0.717) is 0 Å². The van der Waals surface area contributed by atoms with Crippen molar-refractivity contribution in [3.63, 3.8) is 0 Å². The molecular weight excluding hydrogens is 242 g/mol. The Hall–Kier alpha value is 0.300. The van der Waals surface area contributed by atoms with Gasteiger partial charge in [0.15, 0.2) is 0 Å². The minimum Gasteiger partial charge on any atom is -0.810 e. The van der Waals surface area contributed by atoms with Crippen molar-refractivity contribution in [1.82, 2.24) is 0 Å². The first-order valence-electron chi connectivity index (χ1n) is 4.51. The van der Waals surface area contributed by atoms with Crippen LogP contribution in [0.2, 0.25) is 0 Å². The minimum atomic E-state index is -4.91. The summed E-state index contributed by atoms with van der Waals surface area (Å²) in [5.41, 5.74) is 0. The topological polar surface area (TPSA) is 98.7 Å². The highest BCUT2D eigenvalue weighted by atomic mass is 31.2. The van der Waals surface area contributed by atoms with E-state index in [1.54, 1.807) is 27.7 Å². The molecule has 0 N–H and O–H groups in total. The molecule has 0 spiro atoms. The first kappa shape index (κ1) is 15.3. The van der Waals surface area contributed by atoms with Gasteiger partial charge in [-0.2, -0.15) is 0 Å². The lowest BCUT2D eigenvalue weighted by Gasteiger charge is -2.33. The molecule has 8 heteroatoms. The highest BCUT2D eigenvalue weighted by Gasteiger charge is 2.28. The average molecular weight is 258 g/mol. The third-order valence-electron chi connectivity index (χ3n) is 1.09. The van der Waals surface area contributed by atoms with Crippen LogP contribution in [0.3, 0.4) is 0 Å². The van der Waals surface area contributed by atoms with Crippen LogP contribution in [0.25, 0.3) is 0 Å². The molecule has 0 aliphatic rings. The van der Waals surface area contributed by atoms with Gasteiger partial charge >= 0.3 is 7.60 Å². The van der Waals surface area contributed by atoms with Crippen LogP contribution in [0.1, 0.15) is 27.7 Å². The molecule has 0 aromatic carbocycles. The SMILES string of the molecule is CC(C)OP(=O)(CP(=O)([O-])[O-])OC(C)C. The van der Waals surface area contributed by atoms with Crippen molar-refractivity contribution >= 4 is 15.2 Å². The van der Waals surface area contributed by atoms with Gasteiger partial charge in [-0.1, -0.05) is 7.60 Å². The third kappa shape index (κ3) is 8.14. The van der Waals surface area contributed by atoms with Crippen molar-refractivity contribution in [3.05, 3.63) is 0 Å². The van der Waals surface area contributed by atoms with E-state index in [9.17, 15) is 18.9 Å². The fourth-order valence-corrected chi connectivity index (χ4v) is 4.51. The van der Waals surface area contributed by atoms with E-state index < -0.39 is 33.3 Å². The van der Waals surface area contributed by atoms with Crippen LogP contribution >= 0.6 is 15.2 Å². The van der Waals surface area contributed by atoms with Crippen molar-refractivity contribution in [2.75, 3.05) is 5.90 Å². The van der Waals surface area contributed by atoms with Gasteiger partial charge in [-0.3, -0.25) is 4.57 Å². The Kier molecular flexibility index (Phi) is 5.69. The van der Waals surface area contributed by atoms with Crippen molar-refractivity contribution in [3.8, 4) is 0 Å². The number of rotatable bonds is 6. The summed E-state index contributed by atoms with van der Waals surface area (Å²) in [5.74, 6) is -1.10. The van der Waals surface area contributed by atoms with Gasteiger partial charge in [0, 0.05) is 0 Å². The predicted molar refractivity (Wildman–Crippen MR) is 52.5 cm³/mol. The second kappa shape index (κ2) is 5.58. The van der Waals surface area contributed by atoms with E-state index in [4.69, 9.17) is 9.05 Å². The molecule has 0 atom stereocenters. The first-order valence-corrected chi connectivity index (χ1v) is 7.96. The van der Waals surface area contributed by atoms with Crippen LogP contribution in [0.4, 0.5) is 0 Å². The van der Waals surface area contributed by atoms with E-state index >= 15 is 0 Å². The Bertz CT molecular complexity index is 267. The maximum Gasteiger partial charge on any atom is 0.336 e. The third-order valence-corrected chi connectivity index (χ3v) is 5.35. The monoisotopic (exact) mass is 258 g/mol. The van der Waals surface area contributed by atoms with E-state index in [2.05, 4.69) is 0 Å². The second-order valence-corrected chi connectivity index (χ2v) is 7.67. The van der Waals surface area contributed by atoms with Gasteiger partial charge in [0.25, 0.3) is 0 Å². The molecule has 0 radical (unpaired) electrons. The summed E-state index contributed by atoms with van der Waals surface area (Å²) in [6.45, 7) is 6.32. The summed E-state index contributed by atoms with van der Waals surface area (Å²) in [5, 5.41) is 0. The predicted octanol–water partition coefficient (Wildman–Crippen LogP) is 0.901. The summed E-state index contributed by atoms with van der Waals surface area (Å²) in [7, 11) is -8.75. The molecule has 0 unspecified atom stereocenters. The molecule has 0 fully saturated rings. The van der Waals surface area contributed by atoms with Gasteiger partial charge in [-0.05, 0) is 27.7 Å². The first-order chi connectivity index (χ1) is 6.54. The zero-order valence-corrected chi connectivity index (χ0v) is 11.0. The molecule has 0 aliphatic heterocycles. The van der Waals surface area contributed by atoms with Crippen LogP contribution in [0, 0.1) is 0 Å². The molecule has 0 heterocycles. The average Bonchev–Trinajstić information content (AvgIpc) is 1.73. The summed E-state index contributed by atoms with van der Waals surface area (Å²) < 4.78 is 32.2. The van der Waals surface area contributed by atoms with Crippen LogP contribution in [0.15, 0.2) is 0 Å². The molecule has 0 aliphatic carbocycles. The van der Waals surface area contributed by atoms with Crippen LogP contribution in [-0.4, -0.2) is 18.1 Å². The van der Waals surface area contributed by atoms with Gasteiger partial charge in [-0.25, -0.2) is 0 Å². The Morgan fingerprint density at radius 2 is 1.33 bits per heavy atom. The lowest BCUT2D eigenvalue weighted by atomic mass is 10.5. The Labute approximate surface area is 89.7 Å². The standard InChI is InChI=1S/C7H18O6P2/c1-6(2)12-15(11,13-7(3)4)5-14(8,9)10/h6-7H,5H2,1-4H3,(H2,8,9,10)/p-2. The minimum absolute atomic E-state index is 0.471. The van der Waals surface area contributed by atoms with Crippen molar-refractivity contribution < 1.29 is 28.0 Å². The number of hydrogen-bond acceptors (Lipinski definition) is 6. The molecule has 0 amide bonds. The van der Waals surface area contributed by atoms with Crippen molar-refractivity contribution in [2.24, 2.45) is 0 Å². The van der Waals surface area contributed by atoms with E-state index in [0.717, 1.165) is 0 Å². The quantitative estimate of drug-likeness (QED) is 0.656. The molecule has 15 heavy (non-hydrogen) atoms. The van der Waals surface area contributed by atoms with Gasteiger partial charge in [0.05, 0.1) is 18.1 Å². The summed E-state index contributed by atoms with van der Waals surface area (Å²) >= 11 is 0. The van der Waals surface area contributed by atoms with Gasteiger partial charge in [-0.15, -0.1) is 0 Å². The van der Waals surface area contributed by atoms with E-state index in [1.807, 2.05) is 0 Å². The lowest BCUT2D eigenvalue weighted by molar-refractivity contribution is -0.312. The zero-order chi connectivity index (χ0) is 12.3. The van der Waals surface area contributed by atoms with Crippen LogP contribution < -0.4 is 9.79 Å². The van der Waals surface area contributed by atoms with E-state index in [-0.39, 0.29) is 0 Å². The summed E-state index contributed by atoms with van der Waals surface area (Å²) in [4.78, 5) is 21.1. The lowest BCUT2D eigenvalue weighted by Crippen LogP contribution is -2.20. The largest absolute Gasteiger partial charge is 0.810 e. The molecule has 92 valence electrons. The maximum atomic E-state index is 11.8. The fraction of sp³-hybridized carbons (Fsp3) is 1.00. The molecule has 0 aromatic heterocycles. The smallest absolute Gasteiger partial charge is 0.336 e. The molecule has 0 saturated carbocycles. The summed E-state index contributed by atoms with van der Waals surface area (Å²) in [6.07, 6.45) is -0.942. The van der Waals surface area contributed by atoms with Gasteiger partial charge in [0.1, 0.15) is 0 Å². The Morgan fingerprint density at radius 1 is 1.00 bits per heavy atom. The zero-order valence-electron chi connectivity index (χ0n) is 9.21. The fourth-order valence-electron chi connectivity index (χ4n) is 0.946. The molecule has 0 saturated heterocycles. The normalized spacial score (nSPS) is 13.9.